The first-order chi connectivity index (χ1) is 5.27. The maximum atomic E-state index is 12.9. The fourth-order valence-electron chi connectivity index (χ4n) is 2.17. The summed E-state index contributed by atoms with van der Waals surface area (Å²) in [7, 11) is 0. The Balaban J connectivity index is 2.07. The van der Waals surface area contributed by atoms with Crippen LogP contribution in [0.5, 0.6) is 0 Å². The Morgan fingerprint density at radius 2 is 2.36 bits per heavy atom. The minimum Gasteiger partial charge on any atom is -0.388 e. The quantitative estimate of drug-likeness (QED) is 0.564. The van der Waals surface area contributed by atoms with E-state index in [4.69, 9.17) is 0 Å². The lowest BCUT2D eigenvalue weighted by Gasteiger charge is -2.28. The third kappa shape index (κ3) is 1.15. The van der Waals surface area contributed by atoms with Gasteiger partial charge in [-0.05, 0) is 32.4 Å². The highest BCUT2D eigenvalue weighted by atomic mass is 19.1. The molecule has 1 aliphatic carbocycles. The highest BCUT2D eigenvalue weighted by molar-refractivity contribution is 5.15. The van der Waals surface area contributed by atoms with Gasteiger partial charge < -0.3 is 5.32 Å². The normalized spacial score (nSPS) is 42.7. The molecular formula is C9H14FN. The van der Waals surface area contributed by atoms with Gasteiger partial charge in [0.2, 0.25) is 0 Å². The van der Waals surface area contributed by atoms with E-state index in [-0.39, 0.29) is 0 Å². The molecule has 2 rings (SSSR count). The molecule has 0 bridgehead atoms. The molecule has 1 N–H and O–H groups in total. The van der Waals surface area contributed by atoms with E-state index in [1.54, 1.807) is 0 Å². The van der Waals surface area contributed by atoms with E-state index in [1.165, 1.54) is 5.57 Å². The molecule has 1 fully saturated rings. The van der Waals surface area contributed by atoms with Crippen molar-refractivity contribution in [3.8, 4) is 0 Å². The van der Waals surface area contributed by atoms with Gasteiger partial charge in [-0.3, -0.25) is 0 Å². The van der Waals surface area contributed by atoms with Crippen LogP contribution in [0.2, 0.25) is 0 Å². The van der Waals surface area contributed by atoms with Gasteiger partial charge in [0, 0.05) is 12.0 Å². The van der Waals surface area contributed by atoms with E-state index in [0.29, 0.717) is 12.0 Å². The predicted octanol–water partition coefficient (Wildman–Crippen LogP) is 2.00. The average Bonchev–Trinajstić information content (AvgIpc) is 2.33. The van der Waals surface area contributed by atoms with Gasteiger partial charge in [0.1, 0.15) is 6.17 Å². The minimum absolute atomic E-state index is 0.485. The Morgan fingerprint density at radius 1 is 1.55 bits per heavy atom. The van der Waals surface area contributed by atoms with Crippen LogP contribution in [0, 0.1) is 5.92 Å². The molecule has 1 aliphatic heterocycles. The standard InChI is InChI=1S/C9H14FN/c1-6-5-11-9-3-2-7(10)4-8(6)9/h5,7-9,11H,2-4H2,1H3. The summed E-state index contributed by atoms with van der Waals surface area (Å²) in [5, 5.41) is 3.30. The van der Waals surface area contributed by atoms with Crippen LogP contribution in [0.1, 0.15) is 26.2 Å². The summed E-state index contributed by atoms with van der Waals surface area (Å²) < 4.78 is 12.9. The molecule has 0 spiro atoms. The minimum atomic E-state index is -0.556. The molecule has 62 valence electrons. The SMILES string of the molecule is CC1=CNC2CCC(F)CC12. The van der Waals surface area contributed by atoms with E-state index >= 15 is 0 Å². The van der Waals surface area contributed by atoms with Crippen LogP contribution in [0.4, 0.5) is 4.39 Å². The molecule has 2 aliphatic rings. The summed E-state index contributed by atoms with van der Waals surface area (Å²) >= 11 is 0. The van der Waals surface area contributed by atoms with Crippen LogP contribution in [-0.2, 0) is 0 Å². The number of hydrogen-bond acceptors (Lipinski definition) is 1. The highest BCUT2D eigenvalue weighted by Crippen LogP contribution is 2.34. The van der Waals surface area contributed by atoms with E-state index in [2.05, 4.69) is 12.2 Å². The van der Waals surface area contributed by atoms with Crippen LogP contribution in [-0.4, -0.2) is 12.2 Å². The molecule has 3 atom stereocenters. The van der Waals surface area contributed by atoms with Crippen molar-refractivity contribution in [2.24, 2.45) is 5.92 Å². The van der Waals surface area contributed by atoms with Crippen molar-refractivity contribution in [2.75, 3.05) is 0 Å². The van der Waals surface area contributed by atoms with Crippen LogP contribution >= 0.6 is 0 Å². The number of fused-ring (bicyclic) bond motifs is 1. The molecular weight excluding hydrogens is 141 g/mol. The second kappa shape index (κ2) is 2.50. The Morgan fingerprint density at radius 3 is 3.18 bits per heavy atom. The molecule has 2 heteroatoms. The van der Waals surface area contributed by atoms with Gasteiger partial charge in [0.05, 0.1) is 0 Å². The van der Waals surface area contributed by atoms with Gasteiger partial charge in [-0.2, -0.15) is 0 Å². The lowest BCUT2D eigenvalue weighted by molar-refractivity contribution is 0.195. The third-order valence-electron chi connectivity index (χ3n) is 2.90. The van der Waals surface area contributed by atoms with Crippen molar-refractivity contribution < 1.29 is 4.39 Å². The molecule has 0 aromatic carbocycles. The Labute approximate surface area is 66.7 Å². The van der Waals surface area contributed by atoms with Crippen molar-refractivity contribution >= 4 is 0 Å². The number of rotatable bonds is 0. The number of hydrogen-bond donors (Lipinski definition) is 1. The van der Waals surface area contributed by atoms with Crippen LogP contribution < -0.4 is 5.32 Å². The van der Waals surface area contributed by atoms with E-state index in [0.717, 1.165) is 19.3 Å². The topological polar surface area (TPSA) is 12.0 Å². The molecule has 0 aromatic rings. The summed E-state index contributed by atoms with van der Waals surface area (Å²) in [6.07, 6.45) is 3.97. The van der Waals surface area contributed by atoms with Crippen molar-refractivity contribution in [3.63, 3.8) is 0 Å². The molecule has 1 nitrogen and oxygen atoms in total. The van der Waals surface area contributed by atoms with Gasteiger partial charge in [-0.25, -0.2) is 4.39 Å². The van der Waals surface area contributed by atoms with Gasteiger partial charge in [0.25, 0.3) is 0 Å². The largest absolute Gasteiger partial charge is 0.388 e. The molecule has 0 saturated heterocycles. The van der Waals surface area contributed by atoms with E-state index in [9.17, 15) is 4.39 Å². The first-order valence-electron chi connectivity index (χ1n) is 4.34. The zero-order valence-corrected chi connectivity index (χ0v) is 6.81. The number of nitrogens with one attached hydrogen (secondary N) is 1. The fraction of sp³-hybridized carbons (Fsp3) is 0.778. The molecule has 1 saturated carbocycles. The maximum Gasteiger partial charge on any atom is 0.101 e. The second-order valence-corrected chi connectivity index (χ2v) is 3.68. The summed E-state index contributed by atoms with van der Waals surface area (Å²) in [4.78, 5) is 0. The molecule has 1 heterocycles. The van der Waals surface area contributed by atoms with Crippen molar-refractivity contribution in [1.82, 2.24) is 5.32 Å². The first kappa shape index (κ1) is 7.14. The molecule has 11 heavy (non-hydrogen) atoms. The van der Waals surface area contributed by atoms with Crippen LogP contribution in [0.3, 0.4) is 0 Å². The molecule has 0 amide bonds. The summed E-state index contributed by atoms with van der Waals surface area (Å²) in [6, 6.07) is 0.544. The third-order valence-corrected chi connectivity index (χ3v) is 2.90. The highest BCUT2D eigenvalue weighted by Gasteiger charge is 2.33. The van der Waals surface area contributed by atoms with Gasteiger partial charge in [-0.15, -0.1) is 0 Å². The van der Waals surface area contributed by atoms with E-state index < -0.39 is 6.17 Å². The van der Waals surface area contributed by atoms with Crippen LogP contribution in [0.15, 0.2) is 11.8 Å². The predicted molar refractivity (Wildman–Crippen MR) is 42.9 cm³/mol. The lowest BCUT2D eigenvalue weighted by atomic mass is 9.82. The van der Waals surface area contributed by atoms with Gasteiger partial charge in [-0.1, -0.05) is 5.57 Å². The lowest BCUT2D eigenvalue weighted by Crippen LogP contribution is -2.34. The monoisotopic (exact) mass is 155 g/mol. The van der Waals surface area contributed by atoms with Gasteiger partial charge >= 0.3 is 0 Å². The first-order valence-corrected chi connectivity index (χ1v) is 4.34. The molecule has 3 unspecified atom stereocenters. The summed E-state index contributed by atoms with van der Waals surface area (Å²) in [6.45, 7) is 2.09. The number of alkyl halides is 1. The van der Waals surface area contributed by atoms with Crippen molar-refractivity contribution in [2.45, 2.75) is 38.4 Å². The summed E-state index contributed by atoms with van der Waals surface area (Å²) in [5.74, 6) is 0.485. The van der Waals surface area contributed by atoms with Crippen molar-refractivity contribution in [1.29, 1.82) is 0 Å². The molecule has 0 aromatic heterocycles. The Bertz CT molecular complexity index is 188. The zero-order chi connectivity index (χ0) is 7.84. The fourth-order valence-corrected chi connectivity index (χ4v) is 2.17. The Kier molecular flexibility index (Phi) is 1.63. The maximum absolute atomic E-state index is 12.9. The van der Waals surface area contributed by atoms with Crippen molar-refractivity contribution in [3.05, 3.63) is 11.8 Å². The zero-order valence-electron chi connectivity index (χ0n) is 6.81. The second-order valence-electron chi connectivity index (χ2n) is 3.68. The van der Waals surface area contributed by atoms with Crippen LogP contribution in [0.25, 0.3) is 0 Å². The number of halogens is 1. The summed E-state index contributed by atoms with van der Waals surface area (Å²) in [5.41, 5.74) is 1.33. The molecule has 0 radical (unpaired) electrons. The smallest absolute Gasteiger partial charge is 0.101 e. The average molecular weight is 155 g/mol. The van der Waals surface area contributed by atoms with E-state index in [1.807, 2.05) is 6.20 Å². The van der Waals surface area contributed by atoms with Gasteiger partial charge in [0.15, 0.2) is 0 Å². The Hall–Kier alpha value is -0.530.